The van der Waals surface area contributed by atoms with Gasteiger partial charge in [-0.2, -0.15) is 0 Å². The highest BCUT2D eigenvalue weighted by Crippen LogP contribution is 2.15. The first-order valence-electron chi connectivity index (χ1n) is 6.97. The minimum atomic E-state index is -3.06. The summed E-state index contributed by atoms with van der Waals surface area (Å²) < 4.78 is 23.0. The van der Waals surface area contributed by atoms with Gasteiger partial charge in [0.25, 0.3) is 0 Å². The molecule has 0 aliphatic heterocycles. The Morgan fingerprint density at radius 2 is 1.65 bits per heavy atom. The van der Waals surface area contributed by atoms with E-state index in [4.69, 9.17) is 17.7 Å². The van der Waals surface area contributed by atoms with E-state index in [0.29, 0.717) is 26.4 Å². The zero-order chi connectivity index (χ0) is 14.7. The lowest BCUT2D eigenvalue weighted by Crippen LogP contribution is -2.49. The quantitative estimate of drug-likeness (QED) is 0.357. The van der Waals surface area contributed by atoms with Gasteiger partial charge in [-0.05, 0) is 25.8 Å². The Morgan fingerprint density at radius 1 is 1.00 bits per heavy atom. The third kappa shape index (κ3) is 5.98. The van der Waals surface area contributed by atoms with Crippen LogP contribution < -0.4 is 0 Å². The Morgan fingerprint density at radius 3 is 2.20 bits per heavy atom. The van der Waals surface area contributed by atoms with Crippen LogP contribution in [0, 0.1) is 0 Å². The summed E-state index contributed by atoms with van der Waals surface area (Å²) in [4.78, 5) is 0. The van der Waals surface area contributed by atoms with Gasteiger partial charge in [0.2, 0.25) is 0 Å². The maximum absolute atomic E-state index is 5.88. The molecule has 20 heavy (non-hydrogen) atoms. The summed E-state index contributed by atoms with van der Waals surface area (Å²) in [6, 6.07) is 9.92. The molecule has 0 aliphatic rings. The Bertz CT molecular complexity index is 363. The largest absolute Gasteiger partial charge is 0.680 e. The molecule has 0 heterocycles. The summed E-state index contributed by atoms with van der Waals surface area (Å²) in [6.45, 7) is 9.39. The molecule has 0 atom stereocenters. The molecule has 0 aromatic heterocycles. The average molecular weight is 296 g/mol. The van der Waals surface area contributed by atoms with Crippen LogP contribution >= 0.6 is 0 Å². The van der Waals surface area contributed by atoms with Gasteiger partial charge in [0.15, 0.2) is 0 Å². The van der Waals surface area contributed by atoms with Gasteiger partial charge in [0.05, 0.1) is 6.61 Å². The van der Waals surface area contributed by atoms with Crippen molar-refractivity contribution >= 4 is 9.05 Å². The molecule has 0 aliphatic carbocycles. The van der Waals surface area contributed by atoms with Gasteiger partial charge in [-0.3, -0.25) is 0 Å². The van der Waals surface area contributed by atoms with Crippen LogP contribution in [-0.2, 0) is 24.3 Å². The number of hydrogen-bond donors (Lipinski definition) is 0. The van der Waals surface area contributed by atoms with Crippen LogP contribution in [0.5, 0.6) is 0 Å². The lowest BCUT2D eigenvalue weighted by molar-refractivity contribution is -0.0336. The van der Waals surface area contributed by atoms with Crippen molar-refractivity contribution in [3.8, 4) is 0 Å². The molecular weight excluding hydrogens is 272 g/mol. The highest BCUT2D eigenvalue weighted by Gasteiger charge is 2.45. The maximum atomic E-state index is 5.88. The second-order valence-corrected chi connectivity index (χ2v) is 6.22. The first-order chi connectivity index (χ1) is 9.76. The molecule has 1 aromatic rings. The summed E-state index contributed by atoms with van der Waals surface area (Å²) in [5.74, 6) is 0. The topological polar surface area (TPSA) is 36.9 Å². The van der Waals surface area contributed by atoms with Crippen molar-refractivity contribution in [3.05, 3.63) is 48.6 Å². The van der Waals surface area contributed by atoms with E-state index in [1.54, 1.807) is 6.08 Å². The fraction of sp³-hybridized carbons (Fsp3) is 0.467. The minimum Gasteiger partial charge on any atom is -0.351 e. The molecule has 0 fully saturated rings. The summed E-state index contributed by atoms with van der Waals surface area (Å²) in [6.07, 6.45) is 2.54. The van der Waals surface area contributed by atoms with E-state index in [1.165, 1.54) is 0 Å². The molecule has 0 spiro atoms. The molecule has 1 aromatic carbocycles. The van der Waals surface area contributed by atoms with Crippen LogP contribution in [0.3, 0.4) is 0 Å². The third-order valence-electron chi connectivity index (χ3n) is 2.50. The third-order valence-corrected chi connectivity index (χ3v) is 4.84. The molecule has 0 N–H and O–H groups in total. The molecule has 0 saturated carbocycles. The summed E-state index contributed by atoms with van der Waals surface area (Å²) >= 11 is 0. The molecule has 0 saturated heterocycles. The molecule has 5 heteroatoms. The van der Waals surface area contributed by atoms with Gasteiger partial charge < -0.3 is 17.7 Å². The monoisotopic (exact) mass is 296 g/mol. The predicted molar refractivity (Wildman–Crippen MR) is 81.0 cm³/mol. The highest BCUT2D eigenvalue weighted by atomic mass is 28.4. The van der Waals surface area contributed by atoms with E-state index in [1.807, 2.05) is 44.2 Å². The summed E-state index contributed by atoms with van der Waals surface area (Å²) in [5, 5.41) is 0. The van der Waals surface area contributed by atoms with Gasteiger partial charge in [-0.25, -0.2) is 0 Å². The van der Waals surface area contributed by atoms with E-state index >= 15 is 0 Å². The lowest BCUT2D eigenvalue weighted by atomic mass is 10.2. The van der Waals surface area contributed by atoms with Crippen LogP contribution in [-0.4, -0.2) is 28.9 Å². The molecular formula is C15H24O4Si. The fourth-order valence-electron chi connectivity index (χ4n) is 1.62. The Balaban J connectivity index is 2.65. The van der Waals surface area contributed by atoms with Crippen molar-refractivity contribution in [2.75, 3.05) is 19.8 Å². The highest BCUT2D eigenvalue weighted by molar-refractivity contribution is 6.53. The Hall–Kier alpha value is -0.983. The maximum Gasteiger partial charge on any atom is 0.680 e. The van der Waals surface area contributed by atoms with Crippen molar-refractivity contribution < 1.29 is 17.7 Å². The minimum absolute atomic E-state index is 0.418. The molecule has 1 rings (SSSR count). The van der Waals surface area contributed by atoms with Crippen molar-refractivity contribution in [2.45, 2.75) is 26.9 Å². The molecule has 0 amide bonds. The van der Waals surface area contributed by atoms with Crippen LogP contribution in [0.2, 0.25) is 0 Å². The predicted octanol–water partition coefficient (Wildman–Crippen LogP) is 3.30. The first kappa shape index (κ1) is 17.1. The van der Waals surface area contributed by atoms with E-state index in [9.17, 15) is 0 Å². The van der Waals surface area contributed by atoms with Crippen molar-refractivity contribution in [1.82, 2.24) is 0 Å². The van der Waals surface area contributed by atoms with Crippen LogP contribution in [0.15, 0.2) is 43.0 Å². The summed E-state index contributed by atoms with van der Waals surface area (Å²) in [5.41, 5.74) is 1.07. The van der Waals surface area contributed by atoms with Crippen LogP contribution in [0.1, 0.15) is 25.8 Å². The van der Waals surface area contributed by atoms with E-state index in [0.717, 1.165) is 12.0 Å². The smallest absolute Gasteiger partial charge is 0.351 e. The van der Waals surface area contributed by atoms with Crippen molar-refractivity contribution in [3.63, 3.8) is 0 Å². The van der Waals surface area contributed by atoms with Gasteiger partial charge >= 0.3 is 9.05 Å². The first-order valence-corrected chi connectivity index (χ1v) is 8.60. The normalized spacial score (nSPS) is 11.5. The lowest BCUT2D eigenvalue weighted by Gasteiger charge is -2.27. The van der Waals surface area contributed by atoms with E-state index in [-0.39, 0.29) is 0 Å². The molecule has 0 bridgehead atoms. The molecule has 0 radical (unpaired) electrons. The van der Waals surface area contributed by atoms with Gasteiger partial charge in [-0.1, -0.05) is 36.4 Å². The van der Waals surface area contributed by atoms with Crippen molar-refractivity contribution in [2.24, 2.45) is 0 Å². The number of benzene rings is 1. The Labute approximate surface area is 122 Å². The zero-order valence-corrected chi connectivity index (χ0v) is 13.3. The second kappa shape index (κ2) is 9.85. The number of rotatable bonds is 11. The average Bonchev–Trinajstić information content (AvgIpc) is 2.47. The molecule has 4 nitrogen and oxygen atoms in total. The SMILES string of the molecule is C=CCCO[Si](OCC)(OCC)OCc1ccccc1. The molecule has 112 valence electrons. The Kier molecular flexibility index (Phi) is 8.40. The fourth-order valence-corrected chi connectivity index (χ4v) is 3.54. The second-order valence-electron chi connectivity index (χ2n) is 4.07. The van der Waals surface area contributed by atoms with E-state index < -0.39 is 9.05 Å². The van der Waals surface area contributed by atoms with Crippen LogP contribution in [0.25, 0.3) is 0 Å². The standard InChI is InChI=1S/C15H24O4Si/c1-4-7-13-18-20(16-5-2,17-6-3)19-14-15-11-9-8-10-12-15/h4,8-12H,1,5-7,13-14H2,2-3H3. The van der Waals surface area contributed by atoms with Crippen molar-refractivity contribution in [1.29, 1.82) is 0 Å². The summed E-state index contributed by atoms with van der Waals surface area (Å²) in [7, 11) is -3.06. The van der Waals surface area contributed by atoms with Gasteiger partial charge in [0, 0.05) is 19.8 Å². The number of hydrogen-bond acceptors (Lipinski definition) is 4. The van der Waals surface area contributed by atoms with Gasteiger partial charge in [-0.15, -0.1) is 6.58 Å². The van der Waals surface area contributed by atoms with E-state index in [2.05, 4.69) is 6.58 Å². The van der Waals surface area contributed by atoms with Crippen LogP contribution in [0.4, 0.5) is 0 Å². The zero-order valence-electron chi connectivity index (χ0n) is 12.3. The molecule has 0 unspecified atom stereocenters. The van der Waals surface area contributed by atoms with Gasteiger partial charge in [0.1, 0.15) is 0 Å².